The fourth-order valence-corrected chi connectivity index (χ4v) is 4.17. The first-order chi connectivity index (χ1) is 14.1. The maximum Gasteiger partial charge on any atom is 0.321 e. The van der Waals surface area contributed by atoms with Gasteiger partial charge in [0.2, 0.25) is 0 Å². The first-order valence-corrected chi connectivity index (χ1v) is 11.8. The zero-order chi connectivity index (χ0) is 21.9. The van der Waals surface area contributed by atoms with Gasteiger partial charge in [0.1, 0.15) is 5.82 Å². The highest BCUT2D eigenvalue weighted by molar-refractivity contribution is 7.89. The van der Waals surface area contributed by atoms with Crippen LogP contribution < -0.4 is 11.1 Å². The average molecular weight is 433 g/mol. The molecule has 3 N–H and O–H groups in total. The van der Waals surface area contributed by atoms with E-state index in [1.807, 2.05) is 4.90 Å². The molecule has 1 saturated heterocycles. The molecule has 1 aliphatic heterocycles. The number of sulfone groups is 1. The Morgan fingerprint density at radius 1 is 1.20 bits per heavy atom. The maximum absolute atomic E-state index is 12.5. The number of hydrogen-bond acceptors (Lipinski definition) is 7. The quantitative estimate of drug-likeness (QED) is 0.739. The second-order valence-electron chi connectivity index (χ2n) is 7.87. The van der Waals surface area contributed by atoms with Gasteiger partial charge in [-0.05, 0) is 51.2 Å². The van der Waals surface area contributed by atoms with Crippen LogP contribution in [0.4, 0.5) is 16.3 Å². The lowest BCUT2D eigenvalue weighted by Crippen LogP contribution is -2.46. The minimum Gasteiger partial charge on any atom is -0.384 e. The fraction of sp³-hybridized carbons (Fsp3) is 0.450. The molecule has 9 nitrogen and oxygen atoms in total. The predicted octanol–water partition coefficient (Wildman–Crippen LogP) is 1.83. The number of nitrogens with two attached hydrogens (primary N) is 1. The van der Waals surface area contributed by atoms with E-state index in [1.165, 1.54) is 6.07 Å². The Labute approximate surface area is 177 Å². The number of amides is 2. The first kappa shape index (κ1) is 22.0. The normalized spacial score (nSPS) is 15.4. The third-order valence-corrected chi connectivity index (χ3v) is 5.91. The molecule has 0 spiro atoms. The third kappa shape index (κ3) is 5.90. The molecule has 30 heavy (non-hydrogen) atoms. The molecule has 0 saturated carbocycles. The van der Waals surface area contributed by atoms with Crippen molar-refractivity contribution in [1.82, 2.24) is 19.8 Å². The summed E-state index contributed by atoms with van der Waals surface area (Å²) in [4.78, 5) is 25.0. The lowest BCUT2D eigenvalue weighted by molar-refractivity contribution is 0.156. The Bertz CT molecular complexity index is 1000. The summed E-state index contributed by atoms with van der Waals surface area (Å²) in [6.45, 7) is 1.46. The predicted molar refractivity (Wildman–Crippen MR) is 118 cm³/mol. The van der Waals surface area contributed by atoms with E-state index in [9.17, 15) is 13.2 Å². The second kappa shape index (κ2) is 8.97. The van der Waals surface area contributed by atoms with Crippen molar-refractivity contribution in [2.75, 3.05) is 44.5 Å². The number of hydrogen-bond donors (Lipinski definition) is 2. The number of benzene rings is 1. The number of nitrogen functional groups attached to an aromatic ring is 1. The molecule has 2 amide bonds. The number of nitrogens with zero attached hydrogens (tertiary/aromatic N) is 4. The third-order valence-electron chi connectivity index (χ3n) is 5.09. The molecule has 1 fully saturated rings. The fourth-order valence-electron chi connectivity index (χ4n) is 3.48. The molecule has 1 aromatic heterocycles. The number of nitrogens with one attached hydrogen (secondary N) is 1. The van der Waals surface area contributed by atoms with Crippen LogP contribution in [-0.2, 0) is 15.6 Å². The van der Waals surface area contributed by atoms with Crippen molar-refractivity contribution in [2.24, 2.45) is 0 Å². The van der Waals surface area contributed by atoms with Crippen LogP contribution in [0.2, 0.25) is 0 Å². The summed E-state index contributed by atoms with van der Waals surface area (Å²) in [5.41, 5.74) is 7.50. The standard InChI is InChI=1S/C20H28N6O3S/c1-25(2)17-8-10-26(11-9-17)20(27)23-15-6-4-14(5-7-15)19-22-16(12-18(21)24-19)13-30(3,28)29/h4-7,12,17H,8-11,13H2,1-3H3,(H,23,27)(H2,21,22,24). The molecule has 1 aromatic carbocycles. The summed E-state index contributed by atoms with van der Waals surface area (Å²) >= 11 is 0. The van der Waals surface area contributed by atoms with Gasteiger partial charge in [-0.3, -0.25) is 0 Å². The Balaban J connectivity index is 1.66. The summed E-state index contributed by atoms with van der Waals surface area (Å²) in [5, 5.41) is 2.92. The monoisotopic (exact) mass is 432 g/mol. The minimum absolute atomic E-state index is 0.115. The van der Waals surface area contributed by atoms with Crippen LogP contribution >= 0.6 is 0 Å². The highest BCUT2D eigenvalue weighted by atomic mass is 32.2. The second-order valence-corrected chi connectivity index (χ2v) is 10.0. The van der Waals surface area contributed by atoms with E-state index >= 15 is 0 Å². The average Bonchev–Trinajstić information content (AvgIpc) is 2.66. The molecular weight excluding hydrogens is 404 g/mol. The molecule has 0 unspecified atom stereocenters. The van der Waals surface area contributed by atoms with E-state index < -0.39 is 9.84 Å². The molecule has 3 rings (SSSR count). The van der Waals surface area contributed by atoms with Crippen molar-refractivity contribution in [3.63, 3.8) is 0 Å². The van der Waals surface area contributed by atoms with Gasteiger partial charge in [-0.1, -0.05) is 0 Å². The van der Waals surface area contributed by atoms with Crippen molar-refractivity contribution in [2.45, 2.75) is 24.6 Å². The summed E-state index contributed by atoms with van der Waals surface area (Å²) in [5.74, 6) is 0.347. The van der Waals surface area contributed by atoms with Gasteiger partial charge in [-0.25, -0.2) is 23.2 Å². The maximum atomic E-state index is 12.5. The number of aromatic nitrogens is 2. The molecule has 10 heteroatoms. The van der Waals surface area contributed by atoms with Gasteiger partial charge in [0, 0.05) is 42.7 Å². The Morgan fingerprint density at radius 3 is 2.40 bits per heavy atom. The highest BCUT2D eigenvalue weighted by Gasteiger charge is 2.23. The van der Waals surface area contributed by atoms with Gasteiger partial charge in [-0.15, -0.1) is 0 Å². The SMILES string of the molecule is CN(C)C1CCN(C(=O)Nc2ccc(-c3nc(N)cc(CS(C)(=O)=O)n3)cc2)CC1. The molecule has 0 atom stereocenters. The molecule has 2 heterocycles. The van der Waals surface area contributed by atoms with Crippen molar-refractivity contribution in [3.05, 3.63) is 36.0 Å². The number of carbonyl (C=O) groups is 1. The summed E-state index contributed by atoms with van der Waals surface area (Å²) in [7, 11) is 0.898. The zero-order valence-electron chi connectivity index (χ0n) is 17.5. The first-order valence-electron chi connectivity index (χ1n) is 9.74. The van der Waals surface area contributed by atoms with E-state index in [0.717, 1.165) is 32.2 Å². The van der Waals surface area contributed by atoms with E-state index in [-0.39, 0.29) is 17.6 Å². The number of piperidine rings is 1. The van der Waals surface area contributed by atoms with E-state index in [4.69, 9.17) is 5.73 Å². The molecule has 162 valence electrons. The zero-order valence-corrected chi connectivity index (χ0v) is 18.3. The number of carbonyl (C=O) groups excluding carboxylic acids is 1. The smallest absolute Gasteiger partial charge is 0.321 e. The van der Waals surface area contributed by atoms with Gasteiger partial charge in [0.25, 0.3) is 0 Å². The summed E-state index contributed by atoms with van der Waals surface area (Å²) < 4.78 is 23.1. The van der Waals surface area contributed by atoms with Gasteiger partial charge in [-0.2, -0.15) is 0 Å². The summed E-state index contributed by atoms with van der Waals surface area (Å²) in [6, 6.07) is 8.93. The highest BCUT2D eigenvalue weighted by Crippen LogP contribution is 2.21. The Morgan fingerprint density at radius 2 is 1.83 bits per heavy atom. The number of anilines is 2. The van der Waals surface area contributed by atoms with Gasteiger partial charge >= 0.3 is 6.03 Å². The van der Waals surface area contributed by atoms with Crippen LogP contribution in [0, 0.1) is 0 Å². The van der Waals surface area contributed by atoms with Crippen LogP contribution in [-0.4, -0.2) is 73.7 Å². The molecular formula is C20H28N6O3S. The Kier molecular flexibility index (Phi) is 6.57. The molecule has 2 aromatic rings. The van der Waals surface area contributed by atoms with Gasteiger partial charge in [0.05, 0.1) is 11.4 Å². The van der Waals surface area contributed by atoms with E-state index in [2.05, 4.69) is 34.3 Å². The number of urea groups is 1. The van der Waals surface area contributed by atoms with Crippen LogP contribution in [0.5, 0.6) is 0 Å². The van der Waals surface area contributed by atoms with Crippen LogP contribution in [0.1, 0.15) is 18.5 Å². The molecule has 0 radical (unpaired) electrons. The van der Waals surface area contributed by atoms with Gasteiger partial charge in [0.15, 0.2) is 15.7 Å². The van der Waals surface area contributed by atoms with Crippen molar-refractivity contribution < 1.29 is 13.2 Å². The van der Waals surface area contributed by atoms with Crippen LogP contribution in [0.25, 0.3) is 11.4 Å². The molecule has 0 aliphatic carbocycles. The van der Waals surface area contributed by atoms with E-state index in [1.54, 1.807) is 24.3 Å². The van der Waals surface area contributed by atoms with Crippen LogP contribution in [0.3, 0.4) is 0 Å². The molecule has 1 aliphatic rings. The lowest BCUT2D eigenvalue weighted by Gasteiger charge is -2.35. The number of rotatable bonds is 5. The lowest BCUT2D eigenvalue weighted by atomic mass is 10.0. The molecule has 0 bridgehead atoms. The topological polar surface area (TPSA) is 122 Å². The van der Waals surface area contributed by atoms with E-state index in [0.29, 0.717) is 28.8 Å². The van der Waals surface area contributed by atoms with Crippen molar-refractivity contribution in [1.29, 1.82) is 0 Å². The Hall–Kier alpha value is -2.72. The van der Waals surface area contributed by atoms with Crippen molar-refractivity contribution in [3.8, 4) is 11.4 Å². The van der Waals surface area contributed by atoms with Crippen LogP contribution in [0.15, 0.2) is 30.3 Å². The van der Waals surface area contributed by atoms with Crippen molar-refractivity contribution >= 4 is 27.4 Å². The number of likely N-dealkylation sites (tertiary alicyclic amines) is 1. The van der Waals surface area contributed by atoms with Gasteiger partial charge < -0.3 is 20.9 Å². The summed E-state index contributed by atoms with van der Waals surface area (Å²) in [6.07, 6.45) is 3.06. The largest absolute Gasteiger partial charge is 0.384 e. The minimum atomic E-state index is -3.23.